The van der Waals surface area contributed by atoms with Crippen LogP contribution in [0.4, 0.5) is 5.69 Å². The van der Waals surface area contributed by atoms with Crippen LogP contribution in [0.5, 0.6) is 0 Å². The Kier molecular flexibility index (Phi) is 4.84. The number of aromatic amines is 1. The van der Waals surface area contributed by atoms with E-state index in [4.69, 9.17) is 11.6 Å². The molecule has 1 aliphatic heterocycles. The summed E-state index contributed by atoms with van der Waals surface area (Å²) in [6, 6.07) is 13.4. The first kappa shape index (κ1) is 19.5. The van der Waals surface area contributed by atoms with Crippen LogP contribution in [0, 0.1) is 0 Å². The fourth-order valence-corrected chi connectivity index (χ4v) is 5.04. The molecule has 150 valence electrons. The summed E-state index contributed by atoms with van der Waals surface area (Å²) in [5, 5.41) is 0. The van der Waals surface area contributed by atoms with Gasteiger partial charge in [0.05, 0.1) is 16.8 Å². The Morgan fingerprint density at radius 2 is 1.93 bits per heavy atom. The lowest BCUT2D eigenvalue weighted by Gasteiger charge is -2.21. The fourth-order valence-electron chi connectivity index (χ4n) is 3.65. The van der Waals surface area contributed by atoms with Crippen LogP contribution in [-0.4, -0.2) is 35.2 Å². The van der Waals surface area contributed by atoms with Gasteiger partial charge in [0.1, 0.15) is 5.88 Å². The molecule has 1 atom stereocenters. The molecule has 0 fully saturated rings. The summed E-state index contributed by atoms with van der Waals surface area (Å²) in [7, 11) is -4.10. The molecule has 0 bridgehead atoms. The van der Waals surface area contributed by atoms with Crippen LogP contribution >= 0.6 is 11.6 Å². The maximum absolute atomic E-state index is 13.1. The van der Waals surface area contributed by atoms with Crippen molar-refractivity contribution < 1.29 is 13.2 Å². The number of alkyl halides is 1. The Labute approximate surface area is 172 Å². The van der Waals surface area contributed by atoms with Crippen LogP contribution in [-0.2, 0) is 21.2 Å². The van der Waals surface area contributed by atoms with Crippen molar-refractivity contribution in [3.63, 3.8) is 0 Å². The molecule has 7 nitrogen and oxygen atoms in total. The summed E-state index contributed by atoms with van der Waals surface area (Å²) in [5.74, 6) is -0.381. The number of carbonyl (C=O) groups is 1. The topological polar surface area (TPSA) is 92.2 Å². The zero-order valence-corrected chi connectivity index (χ0v) is 17.1. The minimum absolute atomic E-state index is 0.00988. The first-order valence-corrected chi connectivity index (χ1v) is 10.9. The molecule has 1 aromatic heterocycles. The number of imidazole rings is 1. The van der Waals surface area contributed by atoms with Crippen LogP contribution < -0.4 is 10.6 Å². The Bertz CT molecular complexity index is 1250. The third-order valence-electron chi connectivity index (χ3n) is 4.98. The molecule has 29 heavy (non-hydrogen) atoms. The van der Waals surface area contributed by atoms with E-state index in [0.717, 1.165) is 5.56 Å². The molecule has 4 rings (SSSR count). The van der Waals surface area contributed by atoms with Crippen LogP contribution in [0.2, 0.25) is 0 Å². The number of benzene rings is 2. The molecule has 1 aliphatic rings. The van der Waals surface area contributed by atoms with E-state index in [1.807, 2.05) is 13.0 Å². The van der Waals surface area contributed by atoms with Crippen molar-refractivity contribution in [3.05, 3.63) is 70.8 Å². The molecule has 0 saturated carbocycles. The summed E-state index contributed by atoms with van der Waals surface area (Å²) >= 11 is 5.69. The van der Waals surface area contributed by atoms with Gasteiger partial charge in [-0.25, -0.2) is 13.2 Å². The highest BCUT2D eigenvalue weighted by Crippen LogP contribution is 2.34. The number of H-pyrrole nitrogens is 1. The summed E-state index contributed by atoms with van der Waals surface area (Å²) in [6.45, 7) is 1.88. The van der Waals surface area contributed by atoms with E-state index >= 15 is 0 Å². The summed E-state index contributed by atoms with van der Waals surface area (Å²) < 4.78 is 26.9. The molecule has 1 unspecified atom stereocenters. The van der Waals surface area contributed by atoms with Crippen molar-refractivity contribution in [1.29, 1.82) is 0 Å². The van der Waals surface area contributed by atoms with Gasteiger partial charge >= 0.3 is 5.69 Å². The average molecular weight is 432 g/mol. The van der Waals surface area contributed by atoms with E-state index in [1.165, 1.54) is 18.3 Å². The number of anilines is 1. The molecule has 1 amide bonds. The zero-order valence-electron chi connectivity index (χ0n) is 15.5. The molecular formula is C20H18ClN3O4S. The van der Waals surface area contributed by atoms with Crippen molar-refractivity contribution in [2.45, 2.75) is 24.3 Å². The standard InChI is InChI=1S/C20H18ClN3O4S/c1-13-9-15-10-16(7-8-18(15)24(13)19(25)11-21)29(27,28)23-12-17(22-20(23)26)14-5-3-2-4-6-14/h2-8,10,12-13H,9,11H2,1H3,(H,22,26). The molecule has 3 aromatic rings. The van der Waals surface area contributed by atoms with E-state index in [0.29, 0.717) is 27.3 Å². The van der Waals surface area contributed by atoms with Crippen molar-refractivity contribution >= 4 is 33.2 Å². The third-order valence-corrected chi connectivity index (χ3v) is 6.85. The van der Waals surface area contributed by atoms with E-state index in [-0.39, 0.29) is 22.7 Å². The van der Waals surface area contributed by atoms with Crippen LogP contribution in [0.3, 0.4) is 0 Å². The number of nitrogens with zero attached hydrogens (tertiary/aromatic N) is 2. The normalized spacial score (nSPS) is 16.1. The highest BCUT2D eigenvalue weighted by Gasteiger charge is 2.32. The molecule has 0 spiro atoms. The first-order chi connectivity index (χ1) is 13.8. The molecule has 2 aromatic carbocycles. The van der Waals surface area contributed by atoms with Gasteiger partial charge in [-0.15, -0.1) is 11.6 Å². The second-order valence-corrected chi connectivity index (χ2v) is 8.96. The number of carbonyl (C=O) groups excluding carboxylic acids is 1. The largest absolute Gasteiger partial charge is 0.340 e. The van der Waals surface area contributed by atoms with Crippen LogP contribution in [0.15, 0.2) is 64.4 Å². The molecular weight excluding hydrogens is 414 g/mol. The van der Waals surface area contributed by atoms with Crippen LogP contribution in [0.25, 0.3) is 11.3 Å². The van der Waals surface area contributed by atoms with E-state index in [1.54, 1.807) is 35.2 Å². The van der Waals surface area contributed by atoms with Gasteiger partial charge in [-0.2, -0.15) is 3.97 Å². The maximum Gasteiger partial charge on any atom is 0.340 e. The van der Waals surface area contributed by atoms with Gasteiger partial charge in [0.25, 0.3) is 10.0 Å². The smallest absolute Gasteiger partial charge is 0.308 e. The molecule has 0 aliphatic carbocycles. The monoisotopic (exact) mass is 431 g/mol. The molecule has 9 heteroatoms. The van der Waals surface area contributed by atoms with Gasteiger partial charge in [-0.05, 0) is 42.7 Å². The fraction of sp³-hybridized carbons (Fsp3) is 0.200. The average Bonchev–Trinajstić information content (AvgIpc) is 3.27. The number of rotatable bonds is 4. The quantitative estimate of drug-likeness (QED) is 0.642. The Balaban J connectivity index is 1.75. The summed E-state index contributed by atoms with van der Waals surface area (Å²) in [6.07, 6.45) is 1.80. The number of fused-ring (bicyclic) bond motifs is 1. The number of hydrogen-bond donors (Lipinski definition) is 1. The minimum atomic E-state index is -4.10. The Morgan fingerprint density at radius 3 is 2.62 bits per heavy atom. The number of halogens is 1. The van der Waals surface area contributed by atoms with Gasteiger partial charge < -0.3 is 9.88 Å². The van der Waals surface area contributed by atoms with Crippen molar-refractivity contribution in [2.75, 3.05) is 10.8 Å². The van der Waals surface area contributed by atoms with Gasteiger partial charge in [0, 0.05) is 11.7 Å². The van der Waals surface area contributed by atoms with Gasteiger partial charge in [0.15, 0.2) is 0 Å². The number of hydrogen-bond acceptors (Lipinski definition) is 4. The SMILES string of the molecule is CC1Cc2cc(S(=O)(=O)n3cc(-c4ccccc4)[nH]c3=O)ccc2N1C(=O)CCl. The highest BCUT2D eigenvalue weighted by atomic mass is 35.5. The van der Waals surface area contributed by atoms with Crippen molar-refractivity contribution in [2.24, 2.45) is 0 Å². The first-order valence-electron chi connectivity index (χ1n) is 8.96. The molecule has 0 radical (unpaired) electrons. The van der Waals surface area contributed by atoms with E-state index in [2.05, 4.69) is 4.98 Å². The second kappa shape index (κ2) is 7.20. The lowest BCUT2D eigenvalue weighted by atomic mass is 10.1. The Morgan fingerprint density at radius 1 is 1.21 bits per heavy atom. The number of amides is 1. The lowest BCUT2D eigenvalue weighted by molar-refractivity contribution is -0.116. The Hall–Kier alpha value is -2.84. The minimum Gasteiger partial charge on any atom is -0.308 e. The third kappa shape index (κ3) is 3.28. The number of aromatic nitrogens is 2. The summed E-state index contributed by atoms with van der Waals surface area (Å²) in [5.41, 5.74) is 1.75. The lowest BCUT2D eigenvalue weighted by Crippen LogP contribution is -2.36. The van der Waals surface area contributed by atoms with Gasteiger partial charge in [-0.1, -0.05) is 30.3 Å². The number of nitrogens with one attached hydrogen (secondary N) is 1. The highest BCUT2D eigenvalue weighted by molar-refractivity contribution is 7.90. The zero-order chi connectivity index (χ0) is 20.8. The van der Waals surface area contributed by atoms with Crippen molar-refractivity contribution in [1.82, 2.24) is 8.96 Å². The predicted molar refractivity (Wildman–Crippen MR) is 111 cm³/mol. The van der Waals surface area contributed by atoms with Crippen molar-refractivity contribution in [3.8, 4) is 11.3 Å². The van der Waals surface area contributed by atoms with E-state index in [9.17, 15) is 18.0 Å². The molecule has 2 heterocycles. The van der Waals surface area contributed by atoms with E-state index < -0.39 is 15.7 Å². The van der Waals surface area contributed by atoms with Crippen LogP contribution in [0.1, 0.15) is 12.5 Å². The predicted octanol–water partition coefficient (Wildman–Crippen LogP) is 2.60. The second-order valence-electron chi connectivity index (χ2n) is 6.88. The van der Waals surface area contributed by atoms with Gasteiger partial charge in [-0.3, -0.25) is 4.79 Å². The van der Waals surface area contributed by atoms with Gasteiger partial charge in [0.2, 0.25) is 5.91 Å². The maximum atomic E-state index is 13.1. The summed E-state index contributed by atoms with van der Waals surface area (Å²) in [4.78, 5) is 28.6. The molecule has 0 saturated heterocycles. The molecule has 1 N–H and O–H groups in total.